The Morgan fingerprint density at radius 3 is 2.41 bits per heavy atom. The molecular formula is C33H40N10O3. The molecule has 3 aliphatic heterocycles. The molecule has 0 aliphatic carbocycles. The zero-order valence-corrected chi connectivity index (χ0v) is 26.0. The van der Waals surface area contributed by atoms with Crippen molar-refractivity contribution in [2.45, 2.75) is 18.9 Å². The number of rotatable bonds is 9. The molecule has 3 fully saturated rings. The van der Waals surface area contributed by atoms with E-state index in [9.17, 15) is 4.79 Å². The summed E-state index contributed by atoms with van der Waals surface area (Å²) >= 11 is 0. The Labute approximate surface area is 268 Å². The molecule has 240 valence electrons. The third-order valence-electron chi connectivity index (χ3n) is 8.72. The molecule has 6 heterocycles. The largest absolute Gasteiger partial charge is 0.379 e. The van der Waals surface area contributed by atoms with Crippen molar-refractivity contribution in [3.8, 4) is 11.3 Å². The summed E-state index contributed by atoms with van der Waals surface area (Å²) in [5.74, 6) is 1.51. The Kier molecular flexibility index (Phi) is 9.03. The Hall–Kier alpha value is -4.59. The number of ether oxygens (including phenoxy) is 2. The van der Waals surface area contributed by atoms with Gasteiger partial charge in [-0.05, 0) is 36.6 Å². The maximum Gasteiger partial charge on any atom is 0.248 e. The molecule has 1 atom stereocenters. The number of carbonyl (C=O) groups excluding carboxylic acids is 1. The van der Waals surface area contributed by atoms with Crippen LogP contribution in [0.25, 0.3) is 22.3 Å². The third kappa shape index (κ3) is 6.96. The highest BCUT2D eigenvalue weighted by Crippen LogP contribution is 2.30. The van der Waals surface area contributed by atoms with Gasteiger partial charge in [-0.15, -0.1) is 0 Å². The van der Waals surface area contributed by atoms with E-state index in [4.69, 9.17) is 9.47 Å². The lowest BCUT2D eigenvalue weighted by Gasteiger charge is -2.33. The lowest BCUT2D eigenvalue weighted by Crippen LogP contribution is -2.49. The van der Waals surface area contributed by atoms with Crippen LogP contribution in [0.1, 0.15) is 12.8 Å². The van der Waals surface area contributed by atoms with Gasteiger partial charge in [0.1, 0.15) is 17.8 Å². The number of benzene rings is 1. The van der Waals surface area contributed by atoms with Gasteiger partial charge in [-0.2, -0.15) is 0 Å². The van der Waals surface area contributed by atoms with Gasteiger partial charge < -0.3 is 34.9 Å². The van der Waals surface area contributed by atoms with Crippen LogP contribution in [0.4, 0.5) is 23.1 Å². The maximum absolute atomic E-state index is 12.8. The first-order valence-corrected chi connectivity index (χ1v) is 16.0. The number of H-pyrrole nitrogens is 1. The van der Waals surface area contributed by atoms with Crippen LogP contribution < -0.4 is 20.4 Å². The van der Waals surface area contributed by atoms with Crippen molar-refractivity contribution in [3.63, 3.8) is 0 Å². The maximum atomic E-state index is 12.8. The number of anilines is 4. The van der Waals surface area contributed by atoms with E-state index in [2.05, 4.69) is 75.0 Å². The number of fused-ring (bicyclic) bond motifs is 1. The molecule has 3 aromatic heterocycles. The fourth-order valence-electron chi connectivity index (χ4n) is 6.22. The van der Waals surface area contributed by atoms with Crippen LogP contribution in [0.3, 0.4) is 0 Å². The number of aromatic nitrogens is 5. The first-order valence-electron chi connectivity index (χ1n) is 16.0. The zero-order chi connectivity index (χ0) is 31.3. The van der Waals surface area contributed by atoms with E-state index in [0.29, 0.717) is 51.0 Å². The van der Waals surface area contributed by atoms with Crippen LogP contribution in [0, 0.1) is 0 Å². The van der Waals surface area contributed by atoms with Crippen molar-refractivity contribution >= 4 is 40.1 Å². The van der Waals surface area contributed by atoms with Crippen LogP contribution in [-0.4, -0.2) is 114 Å². The first kappa shape index (κ1) is 30.1. The summed E-state index contributed by atoms with van der Waals surface area (Å²) in [5.41, 5.74) is 5.19. The van der Waals surface area contributed by atoms with Crippen molar-refractivity contribution in [3.05, 3.63) is 61.2 Å². The number of aromatic amines is 1. The minimum atomic E-state index is -0.0826. The molecule has 0 radical (unpaired) electrons. The zero-order valence-electron chi connectivity index (χ0n) is 26.0. The smallest absolute Gasteiger partial charge is 0.248 e. The van der Waals surface area contributed by atoms with E-state index in [1.54, 1.807) is 18.7 Å². The molecule has 3 saturated heterocycles. The molecule has 4 aromatic rings. The first-order chi connectivity index (χ1) is 22.6. The molecule has 0 saturated carbocycles. The molecule has 0 spiro atoms. The van der Waals surface area contributed by atoms with Crippen LogP contribution in [0.5, 0.6) is 0 Å². The molecule has 0 unspecified atom stereocenters. The predicted molar refractivity (Wildman–Crippen MR) is 177 cm³/mol. The van der Waals surface area contributed by atoms with E-state index in [1.165, 1.54) is 0 Å². The second-order valence-electron chi connectivity index (χ2n) is 12.0. The summed E-state index contributed by atoms with van der Waals surface area (Å²) in [6, 6.07) is 10.4. The molecular weight excluding hydrogens is 584 g/mol. The van der Waals surface area contributed by atoms with Crippen LogP contribution in [0.2, 0.25) is 0 Å². The summed E-state index contributed by atoms with van der Waals surface area (Å²) < 4.78 is 10.9. The lowest BCUT2D eigenvalue weighted by molar-refractivity contribution is -0.118. The van der Waals surface area contributed by atoms with Gasteiger partial charge in [-0.3, -0.25) is 9.69 Å². The minimum Gasteiger partial charge on any atom is -0.379 e. The summed E-state index contributed by atoms with van der Waals surface area (Å²) in [4.78, 5) is 41.1. The number of morpholine rings is 2. The lowest BCUT2D eigenvalue weighted by atomic mass is 10.1. The van der Waals surface area contributed by atoms with Crippen molar-refractivity contribution < 1.29 is 14.3 Å². The van der Waals surface area contributed by atoms with Gasteiger partial charge in [0.15, 0.2) is 0 Å². The number of hydrogen-bond acceptors (Lipinski definition) is 11. The Bertz CT molecular complexity index is 1650. The molecule has 3 N–H and O–H groups in total. The Balaban J connectivity index is 0.941. The van der Waals surface area contributed by atoms with Crippen molar-refractivity contribution in [2.24, 2.45) is 0 Å². The van der Waals surface area contributed by atoms with Crippen molar-refractivity contribution in [2.75, 3.05) is 87.4 Å². The molecule has 0 bridgehead atoms. The molecule has 1 amide bonds. The van der Waals surface area contributed by atoms with Crippen LogP contribution in [-0.2, 0) is 14.3 Å². The number of hydrogen-bond donors (Lipinski definition) is 3. The summed E-state index contributed by atoms with van der Waals surface area (Å²) in [6.07, 6.45) is 7.08. The van der Waals surface area contributed by atoms with Gasteiger partial charge in [0, 0.05) is 68.8 Å². The summed E-state index contributed by atoms with van der Waals surface area (Å²) in [6.45, 7) is 12.2. The Morgan fingerprint density at radius 1 is 0.913 bits per heavy atom. The Morgan fingerprint density at radius 2 is 1.65 bits per heavy atom. The monoisotopic (exact) mass is 624 g/mol. The van der Waals surface area contributed by atoms with Gasteiger partial charge >= 0.3 is 0 Å². The second kappa shape index (κ2) is 13.8. The van der Waals surface area contributed by atoms with Gasteiger partial charge in [-0.1, -0.05) is 18.7 Å². The third-order valence-corrected chi connectivity index (χ3v) is 8.72. The normalized spacial score (nSPS) is 19.3. The molecule has 46 heavy (non-hydrogen) atoms. The standard InChI is InChI=1S/C33H40N10O3/c1-23(20-41-9-13-45-14-10-41)32(44)39-26-3-2-8-43(21-26)33-34-18-27(19-35-33)38-25-6-4-24(5-7-25)29-17-28-30(40-29)36-22-37-31(28)42-11-15-46-16-12-42/h4-7,17-19,22,26,38H,1-3,8-16,20-21H2,(H,39,44)(H,36,37,40)/t26-/m1/s1. The SMILES string of the molecule is C=C(CN1CCOCC1)C(=O)N[C@@H]1CCCN(c2ncc(Nc3ccc(-c4cc5c(N6CCOCC6)ncnc5[nH]4)cc3)cn2)C1. The van der Waals surface area contributed by atoms with E-state index in [0.717, 1.165) is 85.0 Å². The van der Waals surface area contributed by atoms with Crippen molar-refractivity contribution in [1.82, 2.24) is 35.1 Å². The second-order valence-corrected chi connectivity index (χ2v) is 12.0. The number of carbonyl (C=O) groups is 1. The average molecular weight is 625 g/mol. The van der Waals surface area contributed by atoms with E-state index in [1.807, 2.05) is 12.1 Å². The average Bonchev–Trinajstić information content (AvgIpc) is 3.55. The molecule has 13 heteroatoms. The molecule has 13 nitrogen and oxygen atoms in total. The molecule has 7 rings (SSSR count). The highest BCUT2D eigenvalue weighted by molar-refractivity contribution is 5.93. The van der Waals surface area contributed by atoms with E-state index >= 15 is 0 Å². The summed E-state index contributed by atoms with van der Waals surface area (Å²) in [7, 11) is 0. The van der Waals surface area contributed by atoms with E-state index in [-0.39, 0.29) is 11.9 Å². The van der Waals surface area contributed by atoms with Gasteiger partial charge in [0.05, 0.1) is 49.9 Å². The van der Waals surface area contributed by atoms with Crippen LogP contribution in [0.15, 0.2) is 61.2 Å². The predicted octanol–water partition coefficient (Wildman–Crippen LogP) is 2.97. The van der Waals surface area contributed by atoms with Gasteiger partial charge in [-0.25, -0.2) is 19.9 Å². The van der Waals surface area contributed by atoms with Crippen molar-refractivity contribution in [1.29, 1.82) is 0 Å². The summed E-state index contributed by atoms with van der Waals surface area (Å²) in [5, 5.41) is 7.58. The number of piperidine rings is 1. The van der Waals surface area contributed by atoms with Gasteiger partial charge in [0.25, 0.3) is 0 Å². The van der Waals surface area contributed by atoms with Crippen LogP contribution >= 0.6 is 0 Å². The highest BCUT2D eigenvalue weighted by atomic mass is 16.5. The quantitative estimate of drug-likeness (QED) is 0.237. The number of amides is 1. The number of nitrogens with one attached hydrogen (secondary N) is 3. The van der Waals surface area contributed by atoms with E-state index < -0.39 is 0 Å². The minimum absolute atomic E-state index is 0.0258. The highest BCUT2D eigenvalue weighted by Gasteiger charge is 2.25. The topological polar surface area (TPSA) is 137 Å². The molecule has 3 aliphatic rings. The van der Waals surface area contributed by atoms with Gasteiger partial charge in [0.2, 0.25) is 11.9 Å². The molecule has 1 aromatic carbocycles. The fraction of sp³-hybridized carbons (Fsp3) is 0.424. The number of nitrogens with zero attached hydrogens (tertiary/aromatic N) is 7. The fourth-order valence-corrected chi connectivity index (χ4v) is 6.22.